The summed E-state index contributed by atoms with van der Waals surface area (Å²) in [6.07, 6.45) is 0. The van der Waals surface area contributed by atoms with E-state index in [0.29, 0.717) is 16.7 Å². The predicted molar refractivity (Wildman–Crippen MR) is 205 cm³/mol. The van der Waals surface area contributed by atoms with Crippen LogP contribution in [0, 0.1) is 0 Å². The van der Waals surface area contributed by atoms with Gasteiger partial charge in [0.05, 0.1) is 24.7 Å². The van der Waals surface area contributed by atoms with Crippen molar-refractivity contribution in [2.45, 2.75) is 0 Å². The van der Waals surface area contributed by atoms with E-state index in [9.17, 15) is 0 Å². The molecule has 51 heavy (non-hydrogen) atoms. The van der Waals surface area contributed by atoms with Crippen molar-refractivity contribution in [1.82, 2.24) is 19.5 Å². The highest BCUT2D eigenvalue weighted by atomic mass is 16.3. The van der Waals surface area contributed by atoms with Crippen molar-refractivity contribution < 1.29 is 22.5 Å². The quantitative estimate of drug-likeness (QED) is 0.187. The Hall–Kier alpha value is -7.05. The molecular weight excluding hydrogens is 629 g/mol. The van der Waals surface area contributed by atoms with Crippen molar-refractivity contribution in [2.24, 2.45) is 0 Å². The van der Waals surface area contributed by atoms with Gasteiger partial charge in [0, 0.05) is 54.7 Å². The van der Waals surface area contributed by atoms with Gasteiger partial charge >= 0.3 is 0 Å². The van der Waals surface area contributed by atoms with Gasteiger partial charge in [-0.15, -0.1) is 0 Å². The zero-order chi connectivity index (χ0) is 42.2. The molecule has 0 radical (unpaired) electrons. The lowest BCUT2D eigenvalue weighted by molar-refractivity contribution is 0.669. The second kappa shape index (κ2) is 10.7. The van der Waals surface area contributed by atoms with Crippen molar-refractivity contribution in [3.05, 3.63) is 157 Å². The van der Waals surface area contributed by atoms with Crippen LogP contribution in [-0.4, -0.2) is 19.5 Å². The average Bonchev–Trinajstić information content (AvgIpc) is 3.94. The van der Waals surface area contributed by atoms with Crippen molar-refractivity contribution in [3.63, 3.8) is 0 Å². The summed E-state index contributed by atoms with van der Waals surface area (Å²) in [5.41, 5.74) is 5.32. The Bertz CT molecular complexity index is 3600. The molecule has 0 aliphatic rings. The average molecular weight is 665 g/mol. The van der Waals surface area contributed by atoms with Crippen LogP contribution in [0.25, 0.3) is 106 Å². The van der Waals surface area contributed by atoms with E-state index in [4.69, 9.17) is 22.5 Å². The van der Waals surface area contributed by atoms with Crippen LogP contribution in [0.2, 0.25) is 0 Å². The van der Waals surface area contributed by atoms with Crippen LogP contribution >= 0.6 is 0 Å². The predicted octanol–water partition coefficient (Wildman–Crippen LogP) is 11.8. The van der Waals surface area contributed by atoms with Gasteiger partial charge in [-0.2, -0.15) is 0 Å². The number of rotatable bonds is 4. The standard InChI is InChI=1S/C45H26N4O2/c1-3-11-27(12-4-1)43-46-44(28-13-5-2-6-14-28)48-45(47-43)29-19-21-33-35-24-30(20-22-40(35)51-41(33)23-29)49-37-17-9-7-15-31(37)34-26-42-36(25-38(34)49)32-16-8-10-18-39(32)50-42/h1-26H/i1D,2D,3D,4D,5D,6D,11D,12D,13D,14D. The van der Waals surface area contributed by atoms with E-state index >= 15 is 0 Å². The van der Waals surface area contributed by atoms with Crippen LogP contribution in [-0.2, 0) is 0 Å². The molecule has 0 aliphatic carbocycles. The molecule has 0 spiro atoms. The molecule has 0 bridgehead atoms. The van der Waals surface area contributed by atoms with Crippen LogP contribution in [0.15, 0.2) is 166 Å². The summed E-state index contributed by atoms with van der Waals surface area (Å²) in [6.45, 7) is 0. The lowest BCUT2D eigenvalue weighted by Gasteiger charge is -2.08. The molecule has 0 unspecified atom stereocenters. The number of hydrogen-bond donors (Lipinski definition) is 0. The van der Waals surface area contributed by atoms with Gasteiger partial charge in [0.2, 0.25) is 0 Å². The van der Waals surface area contributed by atoms with E-state index < -0.39 is 60.4 Å². The molecule has 0 saturated carbocycles. The van der Waals surface area contributed by atoms with Crippen LogP contribution in [0.4, 0.5) is 0 Å². The highest BCUT2D eigenvalue weighted by Crippen LogP contribution is 2.40. The first-order chi connectivity index (χ1) is 29.4. The second-order valence-corrected chi connectivity index (χ2v) is 12.1. The molecule has 11 rings (SSSR count). The fourth-order valence-corrected chi connectivity index (χ4v) is 6.96. The third kappa shape index (κ3) is 4.33. The summed E-state index contributed by atoms with van der Waals surface area (Å²) in [4.78, 5) is 13.5. The Kier molecular flexibility index (Phi) is 4.17. The first-order valence-electron chi connectivity index (χ1n) is 21.1. The third-order valence-corrected chi connectivity index (χ3v) is 9.22. The van der Waals surface area contributed by atoms with E-state index in [-0.39, 0.29) is 28.6 Å². The van der Waals surface area contributed by atoms with Gasteiger partial charge in [0.15, 0.2) is 17.5 Å². The first kappa shape index (κ1) is 19.8. The Morgan fingerprint density at radius 3 is 1.75 bits per heavy atom. The van der Waals surface area contributed by atoms with Crippen LogP contribution in [0.1, 0.15) is 13.7 Å². The van der Waals surface area contributed by atoms with Crippen molar-refractivity contribution in [3.8, 4) is 39.9 Å². The number of para-hydroxylation sites is 2. The number of benzene rings is 7. The number of nitrogens with zero attached hydrogens (tertiary/aromatic N) is 4. The largest absolute Gasteiger partial charge is 0.456 e. The molecule has 0 fully saturated rings. The molecule has 7 aromatic carbocycles. The molecule has 0 amide bonds. The molecule has 238 valence electrons. The van der Waals surface area contributed by atoms with Crippen molar-refractivity contribution in [2.75, 3.05) is 0 Å². The van der Waals surface area contributed by atoms with E-state index in [1.54, 1.807) is 12.1 Å². The van der Waals surface area contributed by atoms with Gasteiger partial charge in [-0.3, -0.25) is 0 Å². The maximum absolute atomic E-state index is 8.64. The SMILES string of the molecule is [2H]c1c([2H])c([2H])c(-c2nc(-c3ccc4c(c3)oc3ccc(-n5c6ccccc6c6cc7oc8ccccc8c7cc65)cc34)nc(-c3c([2H])c([2H])c([2H])c([2H])c3[2H])n2)c([2H])c1[2H]. The Labute approximate surface area is 304 Å². The molecule has 4 aromatic heterocycles. The zero-order valence-corrected chi connectivity index (χ0v) is 26.3. The molecule has 0 aliphatic heterocycles. The minimum absolute atomic E-state index is 0.0509. The lowest BCUT2D eigenvalue weighted by Crippen LogP contribution is -2.00. The maximum Gasteiger partial charge on any atom is 0.164 e. The minimum atomic E-state index is -0.616. The van der Waals surface area contributed by atoms with Gasteiger partial charge < -0.3 is 13.4 Å². The maximum atomic E-state index is 8.64. The van der Waals surface area contributed by atoms with Crippen LogP contribution in [0.5, 0.6) is 0 Å². The topological polar surface area (TPSA) is 69.9 Å². The summed E-state index contributed by atoms with van der Waals surface area (Å²) in [6, 6.07) is 25.7. The molecule has 0 saturated heterocycles. The number of hydrogen-bond acceptors (Lipinski definition) is 5. The zero-order valence-electron chi connectivity index (χ0n) is 36.3. The molecule has 11 aromatic rings. The number of fused-ring (bicyclic) bond motifs is 9. The van der Waals surface area contributed by atoms with Gasteiger partial charge in [0.1, 0.15) is 22.3 Å². The summed E-state index contributed by atoms with van der Waals surface area (Å²) in [7, 11) is 0. The highest BCUT2D eigenvalue weighted by molar-refractivity contribution is 6.17. The van der Waals surface area contributed by atoms with Crippen molar-refractivity contribution in [1.29, 1.82) is 0 Å². The van der Waals surface area contributed by atoms with E-state index in [2.05, 4.69) is 55.9 Å². The fraction of sp³-hybridized carbons (Fsp3) is 0. The monoisotopic (exact) mass is 664 g/mol. The molecule has 6 nitrogen and oxygen atoms in total. The van der Waals surface area contributed by atoms with Crippen molar-refractivity contribution >= 4 is 65.7 Å². The number of aromatic nitrogens is 4. The van der Waals surface area contributed by atoms with Gasteiger partial charge in [-0.05, 0) is 54.6 Å². The van der Waals surface area contributed by atoms with Gasteiger partial charge in [-0.1, -0.05) is 103 Å². The summed E-state index contributed by atoms with van der Waals surface area (Å²) >= 11 is 0. The number of furan rings is 2. The molecule has 4 heterocycles. The van der Waals surface area contributed by atoms with Gasteiger partial charge in [-0.25, -0.2) is 15.0 Å². The molecule has 6 heteroatoms. The summed E-state index contributed by atoms with van der Waals surface area (Å²) in [5.74, 6) is -0.736. The van der Waals surface area contributed by atoms with Gasteiger partial charge in [0.25, 0.3) is 0 Å². The first-order valence-corrected chi connectivity index (χ1v) is 16.1. The van der Waals surface area contributed by atoms with E-state index in [1.165, 1.54) is 0 Å². The lowest BCUT2D eigenvalue weighted by atomic mass is 10.1. The Morgan fingerprint density at radius 1 is 0.412 bits per heavy atom. The molecule has 0 atom stereocenters. The van der Waals surface area contributed by atoms with E-state index in [0.717, 1.165) is 60.2 Å². The summed E-state index contributed by atoms with van der Waals surface area (Å²) < 4.78 is 98.8. The van der Waals surface area contributed by atoms with Crippen LogP contribution in [0.3, 0.4) is 0 Å². The second-order valence-electron chi connectivity index (χ2n) is 12.1. The smallest absolute Gasteiger partial charge is 0.164 e. The Balaban J connectivity index is 1.10. The highest BCUT2D eigenvalue weighted by Gasteiger charge is 2.19. The minimum Gasteiger partial charge on any atom is -0.456 e. The fourth-order valence-electron chi connectivity index (χ4n) is 6.96. The normalized spacial score (nSPS) is 14.7. The third-order valence-electron chi connectivity index (χ3n) is 9.22. The molecule has 0 N–H and O–H groups in total. The summed E-state index contributed by atoms with van der Waals surface area (Å²) in [5, 5.41) is 5.77. The molecular formula is C45H26N4O2. The Morgan fingerprint density at radius 2 is 1.00 bits per heavy atom. The van der Waals surface area contributed by atoms with E-state index in [1.807, 2.05) is 48.5 Å². The van der Waals surface area contributed by atoms with Crippen LogP contribution < -0.4 is 0 Å².